The quantitative estimate of drug-likeness (QED) is 0.658. The molecule has 0 saturated carbocycles. The summed E-state index contributed by atoms with van der Waals surface area (Å²) >= 11 is 3.71. The summed E-state index contributed by atoms with van der Waals surface area (Å²) in [5.74, 6) is 2.02. The second kappa shape index (κ2) is 9.13. The first-order chi connectivity index (χ1) is 10.3. The lowest BCUT2D eigenvalue weighted by Gasteiger charge is -2.21. The Kier molecular flexibility index (Phi) is 7.13. The number of thiophene rings is 1. The van der Waals surface area contributed by atoms with Gasteiger partial charge in [-0.2, -0.15) is 0 Å². The maximum absolute atomic E-state index is 5.79. The molecule has 1 aromatic heterocycles. The molecule has 0 aliphatic heterocycles. The highest BCUT2D eigenvalue weighted by Gasteiger charge is 2.16. The van der Waals surface area contributed by atoms with E-state index in [9.17, 15) is 0 Å². The van der Waals surface area contributed by atoms with E-state index in [1.807, 2.05) is 24.8 Å². The van der Waals surface area contributed by atoms with Crippen molar-refractivity contribution in [2.75, 3.05) is 18.9 Å². The molecule has 1 unspecified atom stereocenters. The molecule has 0 fully saturated rings. The van der Waals surface area contributed by atoms with Gasteiger partial charge >= 0.3 is 0 Å². The molecule has 0 amide bonds. The number of para-hydroxylation sites is 1. The first kappa shape index (κ1) is 16.4. The Bertz CT molecular complexity index is 513. The van der Waals surface area contributed by atoms with Crippen LogP contribution in [0.2, 0.25) is 0 Å². The van der Waals surface area contributed by atoms with Gasteiger partial charge in [-0.1, -0.05) is 31.2 Å². The standard InChI is InChI=1S/C17H23NOS2/c1-3-11-18-15(13-21-17-10-7-12-20-17)14-8-5-6-9-16(14)19-4-2/h5-10,12,15,18H,3-4,11,13H2,1-2H3. The molecule has 0 aliphatic carbocycles. The lowest BCUT2D eigenvalue weighted by atomic mass is 10.1. The lowest BCUT2D eigenvalue weighted by molar-refractivity contribution is 0.332. The molecule has 1 N–H and O–H groups in total. The van der Waals surface area contributed by atoms with Crippen LogP contribution in [-0.4, -0.2) is 18.9 Å². The van der Waals surface area contributed by atoms with Crippen LogP contribution in [0.25, 0.3) is 0 Å². The molecule has 0 radical (unpaired) electrons. The van der Waals surface area contributed by atoms with Gasteiger partial charge in [0.1, 0.15) is 5.75 Å². The van der Waals surface area contributed by atoms with Gasteiger partial charge in [-0.25, -0.2) is 0 Å². The number of ether oxygens (including phenoxy) is 1. The molecule has 2 aromatic rings. The zero-order valence-electron chi connectivity index (χ0n) is 12.7. The summed E-state index contributed by atoms with van der Waals surface area (Å²) in [5.41, 5.74) is 1.26. The predicted molar refractivity (Wildman–Crippen MR) is 93.7 cm³/mol. The summed E-state index contributed by atoms with van der Waals surface area (Å²) in [6.45, 7) is 5.96. The minimum atomic E-state index is 0.319. The summed E-state index contributed by atoms with van der Waals surface area (Å²) in [6, 6.07) is 13.0. The third kappa shape index (κ3) is 5.06. The van der Waals surface area contributed by atoms with E-state index >= 15 is 0 Å². The SMILES string of the molecule is CCCNC(CSc1cccs1)c1ccccc1OCC. The van der Waals surface area contributed by atoms with Gasteiger partial charge in [0.2, 0.25) is 0 Å². The van der Waals surface area contributed by atoms with Gasteiger partial charge in [0.05, 0.1) is 10.8 Å². The maximum Gasteiger partial charge on any atom is 0.124 e. The first-order valence-corrected chi connectivity index (χ1v) is 9.33. The molecular weight excluding hydrogens is 298 g/mol. The molecule has 2 nitrogen and oxygen atoms in total. The van der Waals surface area contributed by atoms with E-state index in [0.717, 1.165) is 24.5 Å². The van der Waals surface area contributed by atoms with Crippen LogP contribution in [0.4, 0.5) is 0 Å². The summed E-state index contributed by atoms with van der Waals surface area (Å²) in [6.07, 6.45) is 1.14. The van der Waals surface area contributed by atoms with E-state index in [4.69, 9.17) is 4.74 Å². The van der Waals surface area contributed by atoms with E-state index in [1.165, 1.54) is 9.77 Å². The van der Waals surface area contributed by atoms with Crippen molar-refractivity contribution < 1.29 is 4.74 Å². The van der Waals surface area contributed by atoms with Crippen molar-refractivity contribution in [3.05, 3.63) is 47.3 Å². The van der Waals surface area contributed by atoms with Gasteiger partial charge in [0, 0.05) is 17.4 Å². The molecular formula is C17H23NOS2. The third-order valence-corrected chi connectivity index (χ3v) is 5.35. The van der Waals surface area contributed by atoms with E-state index < -0.39 is 0 Å². The number of benzene rings is 1. The monoisotopic (exact) mass is 321 g/mol. The minimum Gasteiger partial charge on any atom is -0.494 e. The van der Waals surface area contributed by atoms with Crippen LogP contribution in [-0.2, 0) is 0 Å². The summed E-state index contributed by atoms with van der Waals surface area (Å²) in [4.78, 5) is 0. The van der Waals surface area contributed by atoms with Crippen LogP contribution in [0.15, 0.2) is 46.0 Å². The molecule has 0 bridgehead atoms. The Morgan fingerprint density at radius 3 is 2.76 bits per heavy atom. The fourth-order valence-electron chi connectivity index (χ4n) is 2.14. The lowest BCUT2D eigenvalue weighted by Crippen LogP contribution is -2.24. The Balaban J connectivity index is 2.10. The molecule has 0 spiro atoms. The topological polar surface area (TPSA) is 21.3 Å². The highest BCUT2D eigenvalue weighted by Crippen LogP contribution is 2.32. The van der Waals surface area contributed by atoms with Gasteiger partial charge in [-0.15, -0.1) is 23.1 Å². The average Bonchev–Trinajstić information content (AvgIpc) is 3.02. The Morgan fingerprint density at radius 1 is 1.19 bits per heavy atom. The number of hydrogen-bond acceptors (Lipinski definition) is 4. The predicted octanol–water partition coefficient (Wildman–Crippen LogP) is 4.98. The molecule has 2 rings (SSSR count). The van der Waals surface area contributed by atoms with Crippen molar-refractivity contribution in [3.8, 4) is 5.75 Å². The Hall–Kier alpha value is -0.970. The number of thioether (sulfide) groups is 1. The maximum atomic E-state index is 5.79. The van der Waals surface area contributed by atoms with Crippen molar-refractivity contribution >= 4 is 23.1 Å². The van der Waals surface area contributed by atoms with E-state index in [1.54, 1.807) is 11.3 Å². The minimum absolute atomic E-state index is 0.319. The fourth-order valence-corrected chi connectivity index (χ4v) is 4.04. The van der Waals surface area contributed by atoms with E-state index in [-0.39, 0.29) is 0 Å². The highest BCUT2D eigenvalue weighted by atomic mass is 32.2. The smallest absolute Gasteiger partial charge is 0.124 e. The first-order valence-electron chi connectivity index (χ1n) is 7.46. The fraction of sp³-hybridized carbons (Fsp3) is 0.412. The van der Waals surface area contributed by atoms with Gasteiger partial charge < -0.3 is 10.1 Å². The summed E-state index contributed by atoms with van der Waals surface area (Å²) < 4.78 is 7.16. The zero-order chi connectivity index (χ0) is 14.9. The van der Waals surface area contributed by atoms with Crippen molar-refractivity contribution in [1.29, 1.82) is 0 Å². The Morgan fingerprint density at radius 2 is 2.05 bits per heavy atom. The molecule has 1 aromatic carbocycles. The highest BCUT2D eigenvalue weighted by molar-refractivity contribution is 8.01. The van der Waals surface area contributed by atoms with Crippen molar-refractivity contribution in [3.63, 3.8) is 0 Å². The molecule has 21 heavy (non-hydrogen) atoms. The molecule has 4 heteroatoms. The van der Waals surface area contributed by atoms with Gasteiger partial charge in [-0.05, 0) is 37.4 Å². The van der Waals surface area contributed by atoms with Gasteiger partial charge in [-0.3, -0.25) is 0 Å². The number of hydrogen-bond donors (Lipinski definition) is 1. The number of nitrogens with one attached hydrogen (secondary N) is 1. The van der Waals surface area contributed by atoms with E-state index in [2.05, 4.69) is 48.0 Å². The van der Waals surface area contributed by atoms with Crippen LogP contribution in [0, 0.1) is 0 Å². The van der Waals surface area contributed by atoms with Gasteiger partial charge in [0.25, 0.3) is 0 Å². The largest absolute Gasteiger partial charge is 0.494 e. The molecule has 114 valence electrons. The second-order valence-electron chi connectivity index (χ2n) is 4.72. The van der Waals surface area contributed by atoms with Crippen molar-refractivity contribution in [1.82, 2.24) is 5.32 Å². The summed E-state index contributed by atoms with van der Waals surface area (Å²) in [5, 5.41) is 5.78. The zero-order valence-corrected chi connectivity index (χ0v) is 14.3. The molecule has 1 heterocycles. The molecule has 1 atom stereocenters. The average molecular weight is 322 g/mol. The van der Waals surface area contributed by atoms with Crippen LogP contribution in [0.5, 0.6) is 5.75 Å². The van der Waals surface area contributed by atoms with Crippen molar-refractivity contribution in [2.45, 2.75) is 30.5 Å². The number of rotatable bonds is 9. The summed E-state index contributed by atoms with van der Waals surface area (Å²) in [7, 11) is 0. The normalized spacial score (nSPS) is 12.3. The third-order valence-electron chi connectivity index (χ3n) is 3.12. The molecule has 0 saturated heterocycles. The van der Waals surface area contributed by atoms with Crippen LogP contribution >= 0.6 is 23.1 Å². The van der Waals surface area contributed by atoms with Crippen LogP contribution < -0.4 is 10.1 Å². The van der Waals surface area contributed by atoms with Crippen LogP contribution in [0.3, 0.4) is 0 Å². The van der Waals surface area contributed by atoms with Crippen LogP contribution in [0.1, 0.15) is 31.9 Å². The Labute approximate surface area is 135 Å². The van der Waals surface area contributed by atoms with E-state index in [0.29, 0.717) is 12.6 Å². The van der Waals surface area contributed by atoms with Gasteiger partial charge in [0.15, 0.2) is 0 Å². The molecule has 0 aliphatic rings. The van der Waals surface area contributed by atoms with Crippen molar-refractivity contribution in [2.24, 2.45) is 0 Å². The second-order valence-corrected chi connectivity index (χ2v) is 6.99.